The van der Waals surface area contributed by atoms with Crippen LogP contribution >= 0.6 is 11.3 Å². The number of thiophene rings is 1. The summed E-state index contributed by atoms with van der Waals surface area (Å²) < 4.78 is 0. The van der Waals surface area contributed by atoms with Gasteiger partial charge in [0.2, 0.25) is 0 Å². The number of benzene rings is 1. The number of fused-ring (bicyclic) bond motifs is 1. The highest BCUT2D eigenvalue weighted by Gasteiger charge is 2.28. The zero-order chi connectivity index (χ0) is 22.9. The number of aromatic nitrogens is 2. The van der Waals surface area contributed by atoms with Gasteiger partial charge in [-0.05, 0) is 49.9 Å². The van der Waals surface area contributed by atoms with Gasteiger partial charge in [0.1, 0.15) is 10.7 Å². The number of aryl methyl sites for hydroxylation is 2. The Balaban J connectivity index is 1.20. The predicted molar refractivity (Wildman–Crippen MR) is 134 cm³/mol. The minimum absolute atomic E-state index is 0.0271. The summed E-state index contributed by atoms with van der Waals surface area (Å²) in [4.78, 5) is 29.2. The highest BCUT2D eigenvalue weighted by atomic mass is 32.1. The lowest BCUT2D eigenvalue weighted by Crippen LogP contribution is -2.45. The van der Waals surface area contributed by atoms with Crippen LogP contribution in [-0.2, 0) is 13.1 Å². The SMILES string of the molecule is CCN1CCN(Cc2ccc(CNC(=O)c3sc4nc(C5CC5)nc(C)c4c3C)cc2)CC1. The number of carbonyl (C=O) groups excluding carboxylic acids is 1. The molecule has 1 amide bonds. The number of hydrogen-bond acceptors (Lipinski definition) is 6. The lowest BCUT2D eigenvalue weighted by atomic mass is 10.1. The van der Waals surface area contributed by atoms with E-state index in [-0.39, 0.29) is 5.91 Å². The molecule has 0 atom stereocenters. The summed E-state index contributed by atoms with van der Waals surface area (Å²) in [6.07, 6.45) is 2.36. The molecule has 33 heavy (non-hydrogen) atoms. The number of nitrogens with one attached hydrogen (secondary N) is 1. The van der Waals surface area contributed by atoms with Gasteiger partial charge < -0.3 is 10.2 Å². The van der Waals surface area contributed by atoms with E-state index in [0.29, 0.717) is 12.5 Å². The molecule has 2 aromatic heterocycles. The minimum Gasteiger partial charge on any atom is -0.347 e. The maximum Gasteiger partial charge on any atom is 0.261 e. The standard InChI is InChI=1S/C26H33N5OS/c1-4-30-11-13-31(14-12-30)16-20-7-5-19(6-8-20)15-27-25(32)23-17(2)22-18(3)28-24(21-9-10-21)29-26(22)33-23/h5-8,21H,4,9-16H2,1-3H3,(H,27,32). The summed E-state index contributed by atoms with van der Waals surface area (Å²) in [7, 11) is 0. The Kier molecular flexibility index (Phi) is 6.45. The molecule has 3 heterocycles. The van der Waals surface area contributed by atoms with E-state index >= 15 is 0 Å². The van der Waals surface area contributed by atoms with E-state index in [0.717, 1.165) is 77.0 Å². The summed E-state index contributed by atoms with van der Waals surface area (Å²) in [5, 5.41) is 4.15. The van der Waals surface area contributed by atoms with Gasteiger partial charge in [0, 0.05) is 50.6 Å². The molecule has 6 nitrogen and oxygen atoms in total. The van der Waals surface area contributed by atoms with E-state index in [4.69, 9.17) is 9.97 Å². The first-order valence-corrected chi connectivity index (χ1v) is 12.9. The second kappa shape index (κ2) is 9.49. The third kappa shape index (κ3) is 4.95. The fourth-order valence-corrected chi connectivity index (χ4v) is 5.80. The molecule has 2 aliphatic rings. The van der Waals surface area contributed by atoms with Crippen LogP contribution in [0.25, 0.3) is 10.2 Å². The average molecular weight is 464 g/mol. The van der Waals surface area contributed by atoms with Crippen molar-refractivity contribution in [2.45, 2.75) is 52.6 Å². The minimum atomic E-state index is -0.0271. The predicted octanol–water partition coefficient (Wildman–Crippen LogP) is 4.25. The van der Waals surface area contributed by atoms with Gasteiger partial charge in [-0.2, -0.15) is 0 Å². The molecule has 1 N–H and O–H groups in total. The van der Waals surface area contributed by atoms with Crippen LogP contribution < -0.4 is 5.32 Å². The maximum atomic E-state index is 13.0. The van der Waals surface area contributed by atoms with E-state index in [1.54, 1.807) is 0 Å². The van der Waals surface area contributed by atoms with Gasteiger partial charge in [-0.3, -0.25) is 9.69 Å². The molecule has 2 fully saturated rings. The van der Waals surface area contributed by atoms with Gasteiger partial charge in [-0.1, -0.05) is 31.2 Å². The normalized spacial score (nSPS) is 17.5. The van der Waals surface area contributed by atoms with E-state index in [2.05, 4.69) is 46.3 Å². The molecule has 3 aromatic rings. The van der Waals surface area contributed by atoms with Crippen LogP contribution in [0.15, 0.2) is 24.3 Å². The highest BCUT2D eigenvalue weighted by molar-refractivity contribution is 7.20. The number of piperazine rings is 1. The number of carbonyl (C=O) groups is 1. The molecule has 0 spiro atoms. The van der Waals surface area contributed by atoms with Crippen LogP contribution in [0.3, 0.4) is 0 Å². The van der Waals surface area contributed by atoms with Gasteiger partial charge in [-0.15, -0.1) is 11.3 Å². The summed E-state index contributed by atoms with van der Waals surface area (Å²) >= 11 is 1.49. The van der Waals surface area contributed by atoms with Crippen LogP contribution in [0.5, 0.6) is 0 Å². The second-order valence-corrected chi connectivity index (χ2v) is 10.4. The average Bonchev–Trinajstić information content (AvgIpc) is 3.62. The summed E-state index contributed by atoms with van der Waals surface area (Å²) in [6, 6.07) is 8.65. The molecule has 1 aliphatic heterocycles. The first kappa shape index (κ1) is 22.4. The van der Waals surface area contributed by atoms with Crippen LogP contribution in [-0.4, -0.2) is 58.4 Å². The van der Waals surface area contributed by atoms with Crippen molar-refractivity contribution in [3.8, 4) is 0 Å². The van der Waals surface area contributed by atoms with Crippen LogP contribution in [0, 0.1) is 13.8 Å². The van der Waals surface area contributed by atoms with Crippen LogP contribution in [0.2, 0.25) is 0 Å². The van der Waals surface area contributed by atoms with Crippen LogP contribution in [0.4, 0.5) is 0 Å². The third-order valence-electron chi connectivity index (χ3n) is 6.93. The Labute approximate surface area is 200 Å². The first-order chi connectivity index (χ1) is 16.0. The summed E-state index contributed by atoms with van der Waals surface area (Å²) in [5.74, 6) is 1.43. The Morgan fingerprint density at radius 3 is 2.36 bits per heavy atom. The molecule has 0 radical (unpaired) electrons. The molecule has 1 aliphatic carbocycles. The zero-order valence-electron chi connectivity index (χ0n) is 19.9. The topological polar surface area (TPSA) is 61.4 Å². The molecule has 0 bridgehead atoms. The van der Waals surface area contributed by atoms with Gasteiger partial charge in [0.15, 0.2) is 0 Å². The molecule has 5 rings (SSSR count). The smallest absolute Gasteiger partial charge is 0.261 e. The Morgan fingerprint density at radius 2 is 1.70 bits per heavy atom. The van der Waals surface area contributed by atoms with Crippen molar-refractivity contribution in [1.82, 2.24) is 25.1 Å². The van der Waals surface area contributed by atoms with Crippen molar-refractivity contribution >= 4 is 27.5 Å². The van der Waals surface area contributed by atoms with Crippen molar-refractivity contribution in [2.24, 2.45) is 0 Å². The van der Waals surface area contributed by atoms with E-state index < -0.39 is 0 Å². The van der Waals surface area contributed by atoms with Gasteiger partial charge in [-0.25, -0.2) is 9.97 Å². The second-order valence-electron chi connectivity index (χ2n) is 9.39. The number of likely N-dealkylation sites (N-methyl/N-ethyl adjacent to an activating group) is 1. The van der Waals surface area contributed by atoms with Crippen molar-refractivity contribution in [1.29, 1.82) is 0 Å². The maximum absolute atomic E-state index is 13.0. The molecule has 1 saturated heterocycles. The summed E-state index contributed by atoms with van der Waals surface area (Å²) in [5.41, 5.74) is 4.43. The van der Waals surface area contributed by atoms with Gasteiger partial charge >= 0.3 is 0 Å². The van der Waals surface area contributed by atoms with Crippen LogP contribution in [0.1, 0.15) is 63.6 Å². The number of nitrogens with zero attached hydrogens (tertiary/aromatic N) is 4. The van der Waals surface area contributed by atoms with E-state index in [1.807, 2.05) is 13.8 Å². The molecule has 7 heteroatoms. The number of amides is 1. The lowest BCUT2D eigenvalue weighted by Gasteiger charge is -2.34. The number of rotatable bonds is 7. The monoisotopic (exact) mass is 463 g/mol. The fraction of sp³-hybridized carbons (Fsp3) is 0.500. The molecule has 174 valence electrons. The van der Waals surface area contributed by atoms with Crippen molar-refractivity contribution in [2.75, 3.05) is 32.7 Å². The molecule has 1 aromatic carbocycles. The Morgan fingerprint density at radius 1 is 1.03 bits per heavy atom. The molecule has 1 saturated carbocycles. The molecular formula is C26H33N5OS. The van der Waals surface area contributed by atoms with Gasteiger partial charge in [0.25, 0.3) is 5.91 Å². The number of hydrogen-bond donors (Lipinski definition) is 1. The fourth-order valence-electron chi connectivity index (χ4n) is 4.65. The quantitative estimate of drug-likeness (QED) is 0.568. The van der Waals surface area contributed by atoms with Crippen molar-refractivity contribution in [3.63, 3.8) is 0 Å². The van der Waals surface area contributed by atoms with Crippen molar-refractivity contribution < 1.29 is 4.79 Å². The summed E-state index contributed by atoms with van der Waals surface area (Å²) in [6.45, 7) is 13.5. The highest BCUT2D eigenvalue weighted by Crippen LogP contribution is 2.40. The molecular weight excluding hydrogens is 430 g/mol. The van der Waals surface area contributed by atoms with E-state index in [9.17, 15) is 4.79 Å². The van der Waals surface area contributed by atoms with Crippen molar-refractivity contribution in [3.05, 3.63) is 57.4 Å². The van der Waals surface area contributed by atoms with Gasteiger partial charge in [0.05, 0.1) is 10.6 Å². The lowest BCUT2D eigenvalue weighted by molar-refractivity contribution is 0.0954. The first-order valence-electron chi connectivity index (χ1n) is 12.1. The Bertz CT molecular complexity index is 1140. The van der Waals surface area contributed by atoms with E-state index in [1.165, 1.54) is 29.7 Å². The molecule has 0 unspecified atom stereocenters. The largest absolute Gasteiger partial charge is 0.347 e. The Hall–Kier alpha value is -2.35. The zero-order valence-corrected chi connectivity index (χ0v) is 20.7. The third-order valence-corrected chi connectivity index (χ3v) is 8.12.